The SMILES string of the molecule is CCCC(=O)SCCCCCCC(=O)Nc1ccccc1. The second-order valence-corrected chi connectivity index (χ2v) is 6.20. The highest BCUT2D eigenvalue weighted by Gasteiger charge is 2.03. The molecule has 116 valence electrons. The number of amides is 1. The van der Waals surface area contributed by atoms with E-state index in [1.54, 1.807) is 0 Å². The van der Waals surface area contributed by atoms with Crippen molar-refractivity contribution in [1.82, 2.24) is 0 Å². The van der Waals surface area contributed by atoms with Crippen LogP contribution in [0.3, 0.4) is 0 Å². The molecule has 0 saturated heterocycles. The fraction of sp³-hybridized carbons (Fsp3) is 0.529. The van der Waals surface area contributed by atoms with Gasteiger partial charge in [-0.2, -0.15) is 0 Å². The van der Waals surface area contributed by atoms with Crippen LogP contribution in [0.4, 0.5) is 5.69 Å². The monoisotopic (exact) mass is 307 g/mol. The minimum Gasteiger partial charge on any atom is -0.326 e. The normalized spacial score (nSPS) is 10.3. The Morgan fingerprint density at radius 1 is 1.00 bits per heavy atom. The van der Waals surface area contributed by atoms with Crippen LogP contribution in [-0.4, -0.2) is 16.8 Å². The molecule has 0 radical (unpaired) electrons. The van der Waals surface area contributed by atoms with Gasteiger partial charge in [0, 0.05) is 24.3 Å². The summed E-state index contributed by atoms with van der Waals surface area (Å²) in [5.41, 5.74) is 0.855. The van der Waals surface area contributed by atoms with E-state index < -0.39 is 0 Å². The van der Waals surface area contributed by atoms with Crippen molar-refractivity contribution in [1.29, 1.82) is 0 Å². The fourth-order valence-electron chi connectivity index (χ4n) is 1.95. The van der Waals surface area contributed by atoms with Gasteiger partial charge in [0.15, 0.2) is 5.12 Å². The Labute approximate surface area is 131 Å². The minimum absolute atomic E-state index is 0.0775. The molecule has 0 aliphatic carbocycles. The largest absolute Gasteiger partial charge is 0.326 e. The second-order valence-electron chi connectivity index (χ2n) is 5.05. The molecule has 0 unspecified atom stereocenters. The van der Waals surface area contributed by atoms with E-state index in [1.807, 2.05) is 37.3 Å². The van der Waals surface area contributed by atoms with E-state index in [-0.39, 0.29) is 5.91 Å². The van der Waals surface area contributed by atoms with Crippen LogP contribution in [0.25, 0.3) is 0 Å². The number of rotatable bonds is 10. The molecule has 0 aliphatic heterocycles. The van der Waals surface area contributed by atoms with Crippen LogP contribution in [-0.2, 0) is 9.59 Å². The number of para-hydroxylation sites is 1. The van der Waals surface area contributed by atoms with Crippen LogP contribution in [0.5, 0.6) is 0 Å². The maximum atomic E-state index is 11.7. The molecule has 1 amide bonds. The van der Waals surface area contributed by atoms with Gasteiger partial charge < -0.3 is 5.32 Å². The molecule has 1 aromatic carbocycles. The molecule has 0 spiro atoms. The van der Waals surface area contributed by atoms with Gasteiger partial charge in [0.25, 0.3) is 0 Å². The van der Waals surface area contributed by atoms with Crippen molar-refractivity contribution >= 4 is 28.5 Å². The molecule has 0 aliphatic rings. The first kappa shape index (κ1) is 17.8. The van der Waals surface area contributed by atoms with Crippen LogP contribution in [0.15, 0.2) is 30.3 Å². The van der Waals surface area contributed by atoms with Crippen LogP contribution < -0.4 is 5.32 Å². The quantitative estimate of drug-likeness (QED) is 0.641. The summed E-state index contributed by atoms with van der Waals surface area (Å²) in [6.07, 6.45) is 6.28. The number of hydrogen-bond acceptors (Lipinski definition) is 3. The van der Waals surface area contributed by atoms with Crippen molar-refractivity contribution in [3.05, 3.63) is 30.3 Å². The van der Waals surface area contributed by atoms with E-state index in [0.29, 0.717) is 18.0 Å². The average Bonchev–Trinajstić information content (AvgIpc) is 2.47. The molecule has 4 heteroatoms. The summed E-state index contributed by atoms with van der Waals surface area (Å²) in [7, 11) is 0. The lowest BCUT2D eigenvalue weighted by Gasteiger charge is -2.05. The van der Waals surface area contributed by atoms with Gasteiger partial charge in [-0.25, -0.2) is 0 Å². The molecule has 0 heterocycles. The molecule has 3 nitrogen and oxygen atoms in total. The first-order chi connectivity index (χ1) is 10.2. The number of unbranched alkanes of at least 4 members (excludes halogenated alkanes) is 3. The summed E-state index contributed by atoms with van der Waals surface area (Å²) in [5.74, 6) is 0.989. The van der Waals surface area contributed by atoms with Crippen LogP contribution in [0.1, 0.15) is 51.9 Å². The third-order valence-electron chi connectivity index (χ3n) is 3.07. The maximum absolute atomic E-state index is 11.7. The maximum Gasteiger partial charge on any atom is 0.224 e. The van der Waals surface area contributed by atoms with Gasteiger partial charge in [-0.05, 0) is 31.4 Å². The average molecular weight is 307 g/mol. The van der Waals surface area contributed by atoms with Gasteiger partial charge in [0.1, 0.15) is 0 Å². The van der Waals surface area contributed by atoms with Crippen molar-refractivity contribution in [3.63, 3.8) is 0 Å². The van der Waals surface area contributed by atoms with Crippen LogP contribution >= 0.6 is 11.8 Å². The van der Waals surface area contributed by atoms with E-state index in [4.69, 9.17) is 0 Å². The summed E-state index contributed by atoms with van der Waals surface area (Å²) in [6, 6.07) is 9.53. The molecule has 1 aromatic rings. The number of benzene rings is 1. The number of hydrogen-bond donors (Lipinski definition) is 1. The number of carbonyl (C=O) groups is 2. The lowest BCUT2D eigenvalue weighted by Crippen LogP contribution is -2.10. The van der Waals surface area contributed by atoms with Crippen molar-refractivity contribution < 1.29 is 9.59 Å². The van der Waals surface area contributed by atoms with Crippen LogP contribution in [0, 0.1) is 0 Å². The number of anilines is 1. The van der Waals surface area contributed by atoms with Gasteiger partial charge in [0.2, 0.25) is 5.91 Å². The van der Waals surface area contributed by atoms with E-state index in [2.05, 4.69) is 5.32 Å². The van der Waals surface area contributed by atoms with Gasteiger partial charge in [0.05, 0.1) is 0 Å². The standard InChI is InChI=1S/C17H25NO2S/c1-2-10-17(20)21-14-9-4-3-8-13-16(19)18-15-11-6-5-7-12-15/h5-7,11-12H,2-4,8-10,13-14H2,1H3,(H,18,19). The predicted octanol–water partition coefficient (Wildman–Crippen LogP) is 4.64. The minimum atomic E-state index is 0.0775. The van der Waals surface area contributed by atoms with Crippen molar-refractivity contribution in [2.75, 3.05) is 11.1 Å². The zero-order chi connectivity index (χ0) is 15.3. The zero-order valence-electron chi connectivity index (χ0n) is 12.8. The number of carbonyl (C=O) groups excluding carboxylic acids is 2. The highest BCUT2D eigenvalue weighted by Crippen LogP contribution is 2.13. The first-order valence-electron chi connectivity index (χ1n) is 7.73. The van der Waals surface area contributed by atoms with E-state index in [9.17, 15) is 9.59 Å². The van der Waals surface area contributed by atoms with Gasteiger partial charge >= 0.3 is 0 Å². The lowest BCUT2D eigenvalue weighted by molar-refractivity contribution is -0.116. The molecule has 0 atom stereocenters. The predicted molar refractivity (Wildman–Crippen MR) is 90.5 cm³/mol. The van der Waals surface area contributed by atoms with E-state index in [0.717, 1.165) is 43.5 Å². The molecule has 0 saturated carbocycles. The molecular formula is C17H25NO2S. The van der Waals surface area contributed by atoms with Gasteiger partial charge in [-0.15, -0.1) is 0 Å². The second kappa shape index (κ2) is 11.4. The third kappa shape index (κ3) is 9.29. The molecule has 21 heavy (non-hydrogen) atoms. The molecule has 0 bridgehead atoms. The zero-order valence-corrected chi connectivity index (χ0v) is 13.6. The summed E-state index contributed by atoms with van der Waals surface area (Å²) >= 11 is 1.45. The van der Waals surface area contributed by atoms with Crippen molar-refractivity contribution in [3.8, 4) is 0 Å². The van der Waals surface area contributed by atoms with Crippen molar-refractivity contribution in [2.45, 2.75) is 51.9 Å². The Morgan fingerprint density at radius 3 is 2.43 bits per heavy atom. The third-order valence-corrected chi connectivity index (χ3v) is 4.09. The van der Waals surface area contributed by atoms with E-state index in [1.165, 1.54) is 11.8 Å². The lowest BCUT2D eigenvalue weighted by atomic mass is 10.1. The number of nitrogens with one attached hydrogen (secondary N) is 1. The molecule has 1 rings (SSSR count). The Kier molecular flexibility index (Phi) is 9.62. The van der Waals surface area contributed by atoms with Gasteiger partial charge in [-0.1, -0.05) is 49.7 Å². The highest BCUT2D eigenvalue weighted by atomic mass is 32.2. The molecule has 0 aromatic heterocycles. The Balaban J connectivity index is 1.97. The molecular weight excluding hydrogens is 282 g/mol. The van der Waals surface area contributed by atoms with Gasteiger partial charge in [-0.3, -0.25) is 9.59 Å². The summed E-state index contributed by atoms with van der Waals surface area (Å²) < 4.78 is 0. The smallest absolute Gasteiger partial charge is 0.224 e. The Morgan fingerprint density at radius 2 is 1.71 bits per heavy atom. The molecule has 0 fully saturated rings. The summed E-state index contributed by atoms with van der Waals surface area (Å²) in [4.78, 5) is 23.0. The summed E-state index contributed by atoms with van der Waals surface area (Å²) in [6.45, 7) is 2.03. The number of thioether (sulfide) groups is 1. The van der Waals surface area contributed by atoms with Crippen molar-refractivity contribution in [2.24, 2.45) is 0 Å². The summed E-state index contributed by atoms with van der Waals surface area (Å²) in [5, 5.41) is 3.19. The fourth-order valence-corrected chi connectivity index (χ4v) is 2.87. The molecule has 1 N–H and O–H groups in total. The van der Waals surface area contributed by atoms with E-state index >= 15 is 0 Å². The highest BCUT2D eigenvalue weighted by molar-refractivity contribution is 8.13. The Bertz CT molecular complexity index is 420. The van der Waals surface area contributed by atoms with Crippen LogP contribution in [0.2, 0.25) is 0 Å². The topological polar surface area (TPSA) is 46.2 Å². The first-order valence-corrected chi connectivity index (χ1v) is 8.71. The Hall–Kier alpha value is -1.29.